The lowest BCUT2D eigenvalue weighted by molar-refractivity contribution is 0.0525. The second-order valence-corrected chi connectivity index (χ2v) is 3.93. The van der Waals surface area contributed by atoms with Crippen molar-refractivity contribution in [3.8, 4) is 6.07 Å². The van der Waals surface area contributed by atoms with Gasteiger partial charge in [-0.3, -0.25) is 0 Å². The Morgan fingerprint density at radius 2 is 2.31 bits per heavy atom. The molecule has 5 heteroatoms. The van der Waals surface area contributed by atoms with E-state index >= 15 is 0 Å². The molecular weight excluding hydrogens is 272 g/mol. The molecule has 0 saturated carbocycles. The minimum absolute atomic E-state index is 0.129. The summed E-state index contributed by atoms with van der Waals surface area (Å²) in [5, 5.41) is 8.93. The van der Waals surface area contributed by atoms with Crippen LogP contribution < -0.4 is 5.73 Å². The molecular formula is C11H11BrN2O2. The van der Waals surface area contributed by atoms with Gasteiger partial charge in [0.15, 0.2) is 0 Å². The predicted octanol–water partition coefficient (Wildman–Crippen LogP) is 1.96. The second kappa shape index (κ2) is 5.64. The average Bonchev–Trinajstić information content (AvgIpc) is 2.28. The quantitative estimate of drug-likeness (QED) is 0.860. The van der Waals surface area contributed by atoms with Crippen molar-refractivity contribution in [2.24, 2.45) is 5.73 Å². The van der Waals surface area contributed by atoms with Gasteiger partial charge in [0.25, 0.3) is 0 Å². The van der Waals surface area contributed by atoms with Gasteiger partial charge in [-0.15, -0.1) is 0 Å². The number of halogens is 1. The summed E-state index contributed by atoms with van der Waals surface area (Å²) in [5.74, 6) is -0.458. The lowest BCUT2D eigenvalue weighted by Gasteiger charge is -2.09. The number of ether oxygens (including phenoxy) is 1. The molecule has 0 bridgehead atoms. The smallest absolute Gasteiger partial charge is 0.338 e. The van der Waals surface area contributed by atoms with E-state index in [9.17, 15) is 4.79 Å². The zero-order chi connectivity index (χ0) is 12.1. The van der Waals surface area contributed by atoms with Crippen LogP contribution in [0.15, 0.2) is 16.6 Å². The Morgan fingerprint density at radius 3 is 2.81 bits per heavy atom. The maximum atomic E-state index is 11.6. The Kier molecular flexibility index (Phi) is 4.47. The van der Waals surface area contributed by atoms with Crippen LogP contribution in [0.2, 0.25) is 0 Å². The molecule has 84 valence electrons. The van der Waals surface area contributed by atoms with Crippen LogP contribution in [0.25, 0.3) is 0 Å². The second-order valence-electron chi connectivity index (χ2n) is 3.02. The van der Waals surface area contributed by atoms with Gasteiger partial charge in [0.05, 0.1) is 23.8 Å². The van der Waals surface area contributed by atoms with E-state index in [4.69, 9.17) is 15.7 Å². The first-order valence-electron chi connectivity index (χ1n) is 4.73. The van der Waals surface area contributed by atoms with Gasteiger partial charge in [0.2, 0.25) is 0 Å². The first kappa shape index (κ1) is 12.7. The van der Waals surface area contributed by atoms with Crippen LogP contribution in [0.1, 0.15) is 28.4 Å². The lowest BCUT2D eigenvalue weighted by atomic mass is 10.0. The van der Waals surface area contributed by atoms with Crippen LogP contribution in [-0.2, 0) is 11.3 Å². The van der Waals surface area contributed by atoms with E-state index in [1.54, 1.807) is 19.1 Å². The highest BCUT2D eigenvalue weighted by Gasteiger charge is 2.16. The Morgan fingerprint density at radius 1 is 1.62 bits per heavy atom. The number of nitrogens with two attached hydrogens (primary N) is 1. The number of carbonyl (C=O) groups excluding carboxylic acids is 1. The van der Waals surface area contributed by atoms with Gasteiger partial charge in [-0.1, -0.05) is 15.9 Å². The van der Waals surface area contributed by atoms with Gasteiger partial charge in [-0.05, 0) is 24.6 Å². The van der Waals surface area contributed by atoms with Crippen LogP contribution in [0.5, 0.6) is 0 Å². The third-order valence-corrected chi connectivity index (χ3v) is 2.49. The molecule has 0 heterocycles. The average molecular weight is 283 g/mol. The van der Waals surface area contributed by atoms with Gasteiger partial charge >= 0.3 is 5.97 Å². The van der Waals surface area contributed by atoms with Crippen molar-refractivity contribution in [1.29, 1.82) is 5.26 Å². The van der Waals surface area contributed by atoms with Gasteiger partial charge in [0.1, 0.15) is 0 Å². The predicted molar refractivity (Wildman–Crippen MR) is 62.7 cm³/mol. The van der Waals surface area contributed by atoms with Crippen molar-refractivity contribution in [3.05, 3.63) is 33.3 Å². The molecule has 4 nitrogen and oxygen atoms in total. The van der Waals surface area contributed by atoms with Crippen LogP contribution in [-0.4, -0.2) is 12.6 Å². The van der Waals surface area contributed by atoms with Crippen molar-refractivity contribution >= 4 is 21.9 Å². The molecule has 0 aliphatic rings. The fourth-order valence-corrected chi connectivity index (χ4v) is 1.81. The van der Waals surface area contributed by atoms with E-state index in [1.807, 2.05) is 6.07 Å². The molecule has 0 radical (unpaired) electrons. The SMILES string of the molecule is CCOC(=O)c1cc(Br)cc(C#N)c1CN. The zero-order valence-corrected chi connectivity index (χ0v) is 10.4. The highest BCUT2D eigenvalue weighted by molar-refractivity contribution is 9.10. The molecule has 0 atom stereocenters. The third-order valence-electron chi connectivity index (χ3n) is 2.03. The monoisotopic (exact) mass is 282 g/mol. The Labute approximate surface area is 102 Å². The maximum Gasteiger partial charge on any atom is 0.338 e. The fraction of sp³-hybridized carbons (Fsp3) is 0.273. The van der Waals surface area contributed by atoms with Gasteiger partial charge in [-0.2, -0.15) is 5.26 Å². The van der Waals surface area contributed by atoms with Crippen molar-refractivity contribution in [2.75, 3.05) is 6.61 Å². The van der Waals surface area contributed by atoms with E-state index in [0.717, 1.165) is 0 Å². The van der Waals surface area contributed by atoms with E-state index in [0.29, 0.717) is 21.2 Å². The zero-order valence-electron chi connectivity index (χ0n) is 8.79. The lowest BCUT2D eigenvalue weighted by Crippen LogP contribution is -2.12. The number of nitriles is 1. The summed E-state index contributed by atoms with van der Waals surface area (Å²) >= 11 is 3.24. The summed E-state index contributed by atoms with van der Waals surface area (Å²) in [4.78, 5) is 11.6. The van der Waals surface area contributed by atoms with Gasteiger partial charge in [0, 0.05) is 11.0 Å². The van der Waals surface area contributed by atoms with Gasteiger partial charge in [-0.25, -0.2) is 4.79 Å². The molecule has 0 aliphatic heterocycles. The van der Waals surface area contributed by atoms with Crippen molar-refractivity contribution < 1.29 is 9.53 Å². The third kappa shape index (κ3) is 2.60. The molecule has 1 rings (SSSR count). The largest absolute Gasteiger partial charge is 0.462 e. The standard InChI is InChI=1S/C11H11BrN2O2/c1-2-16-11(15)9-4-8(12)3-7(5-13)10(9)6-14/h3-4H,2,6,14H2,1H3. The van der Waals surface area contributed by atoms with Gasteiger partial charge < -0.3 is 10.5 Å². The summed E-state index contributed by atoms with van der Waals surface area (Å²) in [6.07, 6.45) is 0. The molecule has 0 spiro atoms. The van der Waals surface area contributed by atoms with Crippen molar-refractivity contribution in [2.45, 2.75) is 13.5 Å². The molecule has 2 N–H and O–H groups in total. The van der Waals surface area contributed by atoms with E-state index in [2.05, 4.69) is 15.9 Å². The minimum Gasteiger partial charge on any atom is -0.462 e. The normalized spacial score (nSPS) is 9.62. The Hall–Kier alpha value is -1.38. The van der Waals surface area contributed by atoms with Crippen molar-refractivity contribution in [1.82, 2.24) is 0 Å². The number of rotatable bonds is 3. The first-order chi connectivity index (χ1) is 7.63. The Bertz CT molecular complexity index is 452. The molecule has 0 saturated heterocycles. The summed E-state index contributed by atoms with van der Waals surface area (Å²) in [6, 6.07) is 5.25. The highest BCUT2D eigenvalue weighted by atomic mass is 79.9. The molecule has 0 unspecified atom stereocenters. The van der Waals surface area contributed by atoms with E-state index < -0.39 is 5.97 Å². The summed E-state index contributed by atoms with van der Waals surface area (Å²) in [7, 11) is 0. The molecule has 0 fully saturated rings. The summed E-state index contributed by atoms with van der Waals surface area (Å²) in [6.45, 7) is 2.14. The van der Waals surface area contributed by atoms with Crippen molar-refractivity contribution in [3.63, 3.8) is 0 Å². The fourth-order valence-electron chi connectivity index (χ4n) is 1.35. The highest BCUT2D eigenvalue weighted by Crippen LogP contribution is 2.21. The number of nitrogens with zero attached hydrogens (tertiary/aromatic N) is 1. The number of benzene rings is 1. The molecule has 0 aliphatic carbocycles. The number of hydrogen-bond donors (Lipinski definition) is 1. The van der Waals surface area contributed by atoms with Crippen LogP contribution in [0.3, 0.4) is 0 Å². The number of hydrogen-bond acceptors (Lipinski definition) is 4. The topological polar surface area (TPSA) is 76.1 Å². The van der Waals surface area contributed by atoms with E-state index in [1.165, 1.54) is 0 Å². The number of esters is 1. The van der Waals surface area contributed by atoms with E-state index in [-0.39, 0.29) is 13.2 Å². The van der Waals surface area contributed by atoms with Crippen LogP contribution >= 0.6 is 15.9 Å². The molecule has 0 amide bonds. The first-order valence-corrected chi connectivity index (χ1v) is 5.53. The molecule has 1 aromatic rings. The summed E-state index contributed by atoms with van der Waals surface area (Å²) in [5.41, 5.74) is 6.79. The number of carbonyl (C=O) groups is 1. The Balaban J connectivity index is 3.32. The molecule has 16 heavy (non-hydrogen) atoms. The van der Waals surface area contributed by atoms with Crippen LogP contribution in [0.4, 0.5) is 0 Å². The minimum atomic E-state index is -0.458. The maximum absolute atomic E-state index is 11.6. The molecule has 0 aromatic heterocycles. The van der Waals surface area contributed by atoms with Crippen LogP contribution in [0, 0.1) is 11.3 Å². The molecule has 1 aromatic carbocycles. The summed E-state index contributed by atoms with van der Waals surface area (Å²) < 4.78 is 5.56.